The largest absolute Gasteiger partial charge is 0.393 e. The van der Waals surface area contributed by atoms with Crippen molar-refractivity contribution < 1.29 is 9.84 Å². The maximum Gasteiger partial charge on any atom is 0.245 e. The van der Waals surface area contributed by atoms with Gasteiger partial charge in [-0.25, -0.2) is 4.68 Å². The molecule has 7 nitrogen and oxygen atoms in total. The number of rotatable bonds is 6. The Morgan fingerprint density at radius 2 is 2.08 bits per heavy atom. The van der Waals surface area contributed by atoms with E-state index in [9.17, 15) is 5.11 Å². The highest BCUT2D eigenvalue weighted by Crippen LogP contribution is 2.27. The maximum absolute atomic E-state index is 9.56. The lowest BCUT2D eigenvalue weighted by Crippen LogP contribution is -2.48. The van der Waals surface area contributed by atoms with Gasteiger partial charge in [0.05, 0.1) is 18.8 Å². The van der Waals surface area contributed by atoms with Gasteiger partial charge in [0, 0.05) is 20.2 Å². The van der Waals surface area contributed by atoms with Crippen LogP contribution in [0.5, 0.6) is 0 Å². The molecule has 1 aliphatic heterocycles. The van der Waals surface area contributed by atoms with Gasteiger partial charge in [-0.15, -0.1) is 0 Å². The summed E-state index contributed by atoms with van der Waals surface area (Å²) in [6.45, 7) is 4.45. The van der Waals surface area contributed by atoms with Crippen molar-refractivity contribution in [3.05, 3.63) is 35.4 Å². The van der Waals surface area contributed by atoms with E-state index < -0.39 is 5.60 Å². The molecule has 2 heterocycles. The van der Waals surface area contributed by atoms with Crippen LogP contribution in [-0.2, 0) is 17.7 Å². The number of methoxy groups -OCH3 is 1. The van der Waals surface area contributed by atoms with Gasteiger partial charge in [-0.05, 0) is 42.2 Å². The summed E-state index contributed by atoms with van der Waals surface area (Å²) in [5.74, 6) is 0.797. The zero-order valence-electron chi connectivity index (χ0n) is 14.4. The van der Waals surface area contributed by atoms with Crippen molar-refractivity contribution in [2.75, 3.05) is 31.7 Å². The zero-order chi connectivity index (χ0) is 17.0. The van der Waals surface area contributed by atoms with Crippen LogP contribution in [0.4, 0.5) is 5.95 Å². The van der Waals surface area contributed by atoms with Crippen LogP contribution in [0.25, 0.3) is 0 Å². The molecule has 0 unspecified atom stereocenters. The molecule has 1 fully saturated rings. The van der Waals surface area contributed by atoms with Gasteiger partial charge in [-0.1, -0.05) is 34.9 Å². The van der Waals surface area contributed by atoms with Crippen LogP contribution in [0, 0.1) is 6.92 Å². The van der Waals surface area contributed by atoms with Gasteiger partial charge in [-0.3, -0.25) is 0 Å². The van der Waals surface area contributed by atoms with Gasteiger partial charge in [0.2, 0.25) is 5.95 Å². The summed E-state index contributed by atoms with van der Waals surface area (Å²) >= 11 is 0. The SMILES string of the molecule is COC1(CO)CCN(c2nnnn2CCc2cccc(C)c2)CC1. The molecular weight excluding hydrogens is 306 g/mol. The van der Waals surface area contributed by atoms with Crippen molar-refractivity contribution in [3.8, 4) is 0 Å². The minimum atomic E-state index is -0.420. The van der Waals surface area contributed by atoms with Gasteiger partial charge >= 0.3 is 0 Å². The Hall–Kier alpha value is -1.99. The fraction of sp³-hybridized carbons (Fsp3) is 0.588. The predicted molar refractivity (Wildman–Crippen MR) is 91.0 cm³/mol. The Morgan fingerprint density at radius 1 is 1.29 bits per heavy atom. The lowest BCUT2D eigenvalue weighted by molar-refractivity contribution is -0.0674. The molecule has 0 spiro atoms. The third kappa shape index (κ3) is 3.57. The first-order chi connectivity index (χ1) is 11.7. The lowest BCUT2D eigenvalue weighted by Gasteiger charge is -2.39. The third-order valence-electron chi connectivity index (χ3n) is 4.89. The normalized spacial score (nSPS) is 17.2. The van der Waals surface area contributed by atoms with E-state index >= 15 is 0 Å². The topological polar surface area (TPSA) is 76.3 Å². The van der Waals surface area contributed by atoms with Crippen molar-refractivity contribution in [3.63, 3.8) is 0 Å². The van der Waals surface area contributed by atoms with Gasteiger partial charge in [0.1, 0.15) is 0 Å². The summed E-state index contributed by atoms with van der Waals surface area (Å²) < 4.78 is 7.37. The fourth-order valence-corrected chi connectivity index (χ4v) is 3.21. The van der Waals surface area contributed by atoms with Crippen LogP contribution in [0.1, 0.15) is 24.0 Å². The number of tetrazole rings is 1. The molecule has 130 valence electrons. The first kappa shape index (κ1) is 16.9. The second kappa shape index (κ2) is 7.27. The highest BCUT2D eigenvalue weighted by Gasteiger charge is 2.35. The number of aryl methyl sites for hydroxylation is 3. The van der Waals surface area contributed by atoms with Crippen molar-refractivity contribution >= 4 is 5.95 Å². The van der Waals surface area contributed by atoms with E-state index in [4.69, 9.17) is 4.74 Å². The molecule has 0 bridgehead atoms. The van der Waals surface area contributed by atoms with Crippen molar-refractivity contribution in [1.29, 1.82) is 0 Å². The molecule has 24 heavy (non-hydrogen) atoms. The van der Waals surface area contributed by atoms with Crippen molar-refractivity contribution in [2.45, 2.75) is 38.3 Å². The summed E-state index contributed by atoms with van der Waals surface area (Å²) in [4.78, 5) is 2.17. The molecule has 7 heteroatoms. The standard InChI is InChI=1S/C17H25N5O2/c1-14-4-3-5-15(12-14)6-9-22-16(18-19-20-22)21-10-7-17(13-23,24-2)8-11-21/h3-5,12,23H,6-11,13H2,1-2H3. The summed E-state index contributed by atoms with van der Waals surface area (Å²) in [5, 5.41) is 21.7. The number of piperidine rings is 1. The molecular formula is C17H25N5O2. The van der Waals surface area contributed by atoms with Gasteiger partial charge in [0.15, 0.2) is 0 Å². The molecule has 1 saturated heterocycles. The number of nitrogens with zero attached hydrogens (tertiary/aromatic N) is 5. The number of aliphatic hydroxyl groups excluding tert-OH is 1. The first-order valence-corrected chi connectivity index (χ1v) is 8.38. The summed E-state index contributed by atoms with van der Waals surface area (Å²) in [6.07, 6.45) is 2.43. The average Bonchev–Trinajstić information content (AvgIpc) is 3.09. The molecule has 3 rings (SSSR count). The third-order valence-corrected chi connectivity index (χ3v) is 4.89. The number of aromatic nitrogens is 4. The number of ether oxygens (including phenoxy) is 1. The quantitative estimate of drug-likeness (QED) is 0.857. The van der Waals surface area contributed by atoms with E-state index in [0.29, 0.717) is 0 Å². The highest BCUT2D eigenvalue weighted by atomic mass is 16.5. The molecule has 1 N–H and O–H groups in total. The Morgan fingerprint density at radius 3 is 2.75 bits per heavy atom. The van der Waals surface area contributed by atoms with Crippen LogP contribution < -0.4 is 4.90 Å². The Balaban J connectivity index is 1.63. The fourth-order valence-electron chi connectivity index (χ4n) is 3.21. The molecule has 0 radical (unpaired) electrons. The lowest BCUT2D eigenvalue weighted by atomic mass is 9.92. The van der Waals surface area contributed by atoms with Crippen molar-refractivity contribution in [1.82, 2.24) is 20.2 Å². The molecule has 0 amide bonds. The molecule has 2 aromatic rings. The van der Waals surface area contributed by atoms with Crippen LogP contribution in [0.3, 0.4) is 0 Å². The van der Waals surface area contributed by atoms with Crippen LogP contribution in [0.15, 0.2) is 24.3 Å². The monoisotopic (exact) mass is 331 g/mol. The highest BCUT2D eigenvalue weighted by molar-refractivity contribution is 5.30. The Labute approximate surface area is 142 Å². The molecule has 0 atom stereocenters. The van der Waals surface area contributed by atoms with E-state index in [-0.39, 0.29) is 6.61 Å². The minimum Gasteiger partial charge on any atom is -0.393 e. The second-order valence-corrected chi connectivity index (χ2v) is 6.47. The first-order valence-electron chi connectivity index (χ1n) is 8.38. The molecule has 1 aromatic carbocycles. The zero-order valence-corrected chi connectivity index (χ0v) is 14.4. The molecule has 0 saturated carbocycles. The average molecular weight is 331 g/mol. The Kier molecular flexibility index (Phi) is 5.11. The minimum absolute atomic E-state index is 0.0512. The number of anilines is 1. The van der Waals surface area contributed by atoms with E-state index in [2.05, 4.69) is 51.6 Å². The number of hydrogen-bond acceptors (Lipinski definition) is 6. The Bertz CT molecular complexity index is 659. The van der Waals surface area contributed by atoms with E-state index in [1.54, 1.807) is 7.11 Å². The van der Waals surface area contributed by atoms with Crippen LogP contribution in [-0.4, -0.2) is 57.7 Å². The number of aliphatic hydroxyl groups is 1. The second-order valence-electron chi connectivity index (χ2n) is 6.47. The number of benzene rings is 1. The number of hydrogen-bond donors (Lipinski definition) is 1. The van der Waals surface area contributed by atoms with E-state index in [1.807, 2.05) is 4.68 Å². The van der Waals surface area contributed by atoms with E-state index in [0.717, 1.165) is 44.8 Å². The van der Waals surface area contributed by atoms with Crippen LogP contribution in [0.2, 0.25) is 0 Å². The summed E-state index contributed by atoms with van der Waals surface area (Å²) in [7, 11) is 1.66. The summed E-state index contributed by atoms with van der Waals surface area (Å²) in [6, 6.07) is 8.50. The molecule has 1 aliphatic rings. The maximum atomic E-state index is 9.56. The van der Waals surface area contributed by atoms with Crippen molar-refractivity contribution in [2.24, 2.45) is 0 Å². The van der Waals surface area contributed by atoms with Gasteiger partial charge in [-0.2, -0.15) is 0 Å². The van der Waals surface area contributed by atoms with Gasteiger partial charge < -0.3 is 14.7 Å². The summed E-state index contributed by atoms with van der Waals surface area (Å²) in [5.41, 5.74) is 2.13. The van der Waals surface area contributed by atoms with Gasteiger partial charge in [0.25, 0.3) is 0 Å². The van der Waals surface area contributed by atoms with Crippen LogP contribution >= 0.6 is 0 Å². The van der Waals surface area contributed by atoms with E-state index in [1.165, 1.54) is 11.1 Å². The molecule has 1 aromatic heterocycles. The molecule has 0 aliphatic carbocycles. The smallest absolute Gasteiger partial charge is 0.245 e. The predicted octanol–water partition coefficient (Wildman–Crippen LogP) is 1.20.